The summed E-state index contributed by atoms with van der Waals surface area (Å²) >= 11 is 0. The zero-order valence-electron chi connectivity index (χ0n) is 17.5. The van der Waals surface area contributed by atoms with Crippen molar-refractivity contribution in [3.05, 3.63) is 47.8 Å². The third-order valence-corrected chi connectivity index (χ3v) is 4.96. The van der Waals surface area contributed by atoms with E-state index in [4.69, 9.17) is 5.73 Å². The average molecular weight is 438 g/mol. The number of unbranched alkanes of at least 4 members (excludes halogenated alkanes) is 4. The van der Waals surface area contributed by atoms with Crippen LogP contribution in [-0.4, -0.2) is 23.9 Å². The molecule has 2 rings (SSSR count). The highest BCUT2D eigenvalue weighted by molar-refractivity contribution is 5.94. The Hall–Kier alpha value is -2.90. The number of phenolic OH excluding ortho intramolecular Hbond substituents is 1. The van der Waals surface area contributed by atoms with Gasteiger partial charge < -0.3 is 21.5 Å². The van der Waals surface area contributed by atoms with Gasteiger partial charge in [0, 0.05) is 13.0 Å². The fourth-order valence-electron chi connectivity index (χ4n) is 3.12. The molecule has 2 aromatic carbocycles. The summed E-state index contributed by atoms with van der Waals surface area (Å²) in [5.74, 6) is -0.740. The summed E-state index contributed by atoms with van der Waals surface area (Å²) in [5.41, 5.74) is 7.00. The van der Waals surface area contributed by atoms with Crippen LogP contribution in [0.15, 0.2) is 36.4 Å². The molecular formula is C23H30F3N3O2. The standard InChI is InChI=1S/C23H30F3N3O2/c24-14-17(25)6-4-2-1-3-5-7-21(31)29-20-13-12-19(22(26)23(20)27)28-15-16-8-10-18(30)11-9-16/h8-13,17,28,30H,1-7,14-15,27H2,(H,29,31)/t17-/m0/s1. The molecule has 0 spiro atoms. The van der Waals surface area contributed by atoms with Crippen LogP contribution in [0.5, 0.6) is 5.75 Å². The summed E-state index contributed by atoms with van der Waals surface area (Å²) in [6, 6.07) is 9.60. The van der Waals surface area contributed by atoms with Gasteiger partial charge >= 0.3 is 0 Å². The van der Waals surface area contributed by atoms with Gasteiger partial charge in [-0.3, -0.25) is 4.79 Å². The third-order valence-electron chi connectivity index (χ3n) is 4.96. The number of phenols is 1. The van der Waals surface area contributed by atoms with Gasteiger partial charge in [-0.05, 0) is 42.7 Å². The SMILES string of the molecule is Nc1c(NC(=O)CCCCCCC[C@H](F)CF)ccc(NCc2ccc(O)cc2)c1F. The summed E-state index contributed by atoms with van der Waals surface area (Å²) in [7, 11) is 0. The molecule has 1 amide bonds. The minimum absolute atomic E-state index is 0.141. The quantitative estimate of drug-likeness (QED) is 0.239. The Morgan fingerprint density at radius 1 is 1.00 bits per heavy atom. The summed E-state index contributed by atoms with van der Waals surface area (Å²) in [6.45, 7) is -0.582. The van der Waals surface area contributed by atoms with Crippen molar-refractivity contribution < 1.29 is 23.1 Å². The lowest BCUT2D eigenvalue weighted by atomic mass is 10.1. The number of benzene rings is 2. The van der Waals surface area contributed by atoms with Crippen molar-refractivity contribution in [3.63, 3.8) is 0 Å². The molecule has 0 fully saturated rings. The highest BCUT2D eigenvalue weighted by atomic mass is 19.2. The number of alkyl halides is 2. The van der Waals surface area contributed by atoms with Crippen LogP contribution in [0.1, 0.15) is 50.5 Å². The summed E-state index contributed by atoms with van der Waals surface area (Å²) in [4.78, 5) is 12.1. The van der Waals surface area contributed by atoms with Crippen LogP contribution >= 0.6 is 0 Å². The molecule has 0 aliphatic rings. The van der Waals surface area contributed by atoms with Gasteiger partial charge in [0.05, 0.1) is 17.1 Å². The minimum atomic E-state index is -1.37. The maximum absolute atomic E-state index is 14.6. The number of carbonyl (C=O) groups is 1. The number of hydrogen-bond acceptors (Lipinski definition) is 4. The molecule has 1 atom stereocenters. The van der Waals surface area contributed by atoms with Crippen molar-refractivity contribution in [2.75, 3.05) is 23.0 Å². The number of carbonyl (C=O) groups excluding carboxylic acids is 1. The van der Waals surface area contributed by atoms with Gasteiger partial charge in [-0.15, -0.1) is 0 Å². The third kappa shape index (κ3) is 8.39. The number of anilines is 3. The average Bonchev–Trinajstić information content (AvgIpc) is 2.76. The van der Waals surface area contributed by atoms with Crippen LogP contribution in [0.4, 0.5) is 30.2 Å². The normalized spacial score (nSPS) is 11.8. The molecule has 0 saturated carbocycles. The van der Waals surface area contributed by atoms with Crippen LogP contribution in [0.25, 0.3) is 0 Å². The Bertz CT molecular complexity index is 832. The smallest absolute Gasteiger partial charge is 0.224 e. The molecule has 0 unspecified atom stereocenters. The number of halogens is 3. The Labute approximate surface area is 180 Å². The van der Waals surface area contributed by atoms with E-state index in [1.807, 2.05) is 0 Å². The molecule has 0 radical (unpaired) electrons. The van der Waals surface area contributed by atoms with E-state index in [1.54, 1.807) is 30.3 Å². The second-order valence-electron chi connectivity index (χ2n) is 7.51. The van der Waals surface area contributed by atoms with Crippen molar-refractivity contribution in [1.29, 1.82) is 0 Å². The molecule has 8 heteroatoms. The van der Waals surface area contributed by atoms with Crippen molar-refractivity contribution >= 4 is 23.0 Å². The van der Waals surface area contributed by atoms with E-state index in [1.165, 1.54) is 6.07 Å². The van der Waals surface area contributed by atoms with Crippen molar-refractivity contribution in [2.45, 2.75) is 57.7 Å². The van der Waals surface area contributed by atoms with Gasteiger partial charge in [-0.1, -0.05) is 37.8 Å². The maximum Gasteiger partial charge on any atom is 0.224 e. The Morgan fingerprint density at radius 2 is 1.65 bits per heavy atom. The molecule has 5 N–H and O–H groups in total. The largest absolute Gasteiger partial charge is 0.508 e. The molecule has 0 aliphatic heterocycles. The molecule has 0 heterocycles. The molecular weight excluding hydrogens is 407 g/mol. The van der Waals surface area contributed by atoms with Crippen molar-refractivity contribution in [1.82, 2.24) is 0 Å². The minimum Gasteiger partial charge on any atom is -0.508 e. The molecule has 0 bridgehead atoms. The molecule has 170 valence electrons. The predicted molar refractivity (Wildman–Crippen MR) is 118 cm³/mol. The molecule has 0 aliphatic carbocycles. The Kier molecular flexibility index (Phi) is 10.00. The first-order chi connectivity index (χ1) is 14.9. The highest BCUT2D eigenvalue weighted by Gasteiger charge is 2.13. The highest BCUT2D eigenvalue weighted by Crippen LogP contribution is 2.28. The number of rotatable bonds is 13. The zero-order chi connectivity index (χ0) is 22.6. The van der Waals surface area contributed by atoms with E-state index in [-0.39, 0.29) is 41.6 Å². The van der Waals surface area contributed by atoms with Gasteiger partial charge in [0.15, 0.2) is 5.82 Å². The Morgan fingerprint density at radius 3 is 2.35 bits per heavy atom. The van der Waals surface area contributed by atoms with Crippen molar-refractivity contribution in [2.24, 2.45) is 0 Å². The van der Waals surface area contributed by atoms with Crippen LogP contribution in [0.2, 0.25) is 0 Å². The van der Waals surface area contributed by atoms with E-state index in [0.29, 0.717) is 19.4 Å². The van der Waals surface area contributed by atoms with E-state index in [0.717, 1.165) is 24.8 Å². The monoisotopic (exact) mass is 437 g/mol. The molecule has 0 aromatic heterocycles. The number of amides is 1. The summed E-state index contributed by atoms with van der Waals surface area (Å²) in [6.07, 6.45) is 2.90. The second-order valence-corrected chi connectivity index (χ2v) is 7.51. The van der Waals surface area contributed by atoms with Crippen LogP contribution < -0.4 is 16.4 Å². The van der Waals surface area contributed by atoms with Crippen LogP contribution in [-0.2, 0) is 11.3 Å². The van der Waals surface area contributed by atoms with Crippen LogP contribution in [0, 0.1) is 5.82 Å². The fraction of sp³-hybridized carbons (Fsp3) is 0.435. The molecule has 2 aromatic rings. The second kappa shape index (κ2) is 12.7. The molecule has 5 nitrogen and oxygen atoms in total. The lowest BCUT2D eigenvalue weighted by Crippen LogP contribution is -2.14. The van der Waals surface area contributed by atoms with Gasteiger partial charge in [-0.2, -0.15) is 0 Å². The number of nitrogen functional groups attached to an aromatic ring is 1. The van der Waals surface area contributed by atoms with E-state index in [9.17, 15) is 23.1 Å². The first kappa shape index (κ1) is 24.4. The summed E-state index contributed by atoms with van der Waals surface area (Å²) in [5, 5.41) is 14.9. The topological polar surface area (TPSA) is 87.4 Å². The van der Waals surface area contributed by atoms with E-state index >= 15 is 0 Å². The Balaban J connectivity index is 1.74. The van der Waals surface area contributed by atoms with Gasteiger partial charge in [0.2, 0.25) is 5.91 Å². The zero-order valence-corrected chi connectivity index (χ0v) is 17.5. The molecule has 0 saturated heterocycles. The summed E-state index contributed by atoms with van der Waals surface area (Å²) < 4.78 is 39.3. The van der Waals surface area contributed by atoms with Crippen molar-refractivity contribution in [3.8, 4) is 5.75 Å². The number of hydrogen-bond donors (Lipinski definition) is 4. The van der Waals surface area contributed by atoms with E-state index in [2.05, 4.69) is 10.6 Å². The number of nitrogens with one attached hydrogen (secondary N) is 2. The number of aromatic hydroxyl groups is 1. The number of nitrogens with two attached hydrogens (primary N) is 1. The lowest BCUT2D eigenvalue weighted by molar-refractivity contribution is -0.116. The maximum atomic E-state index is 14.6. The van der Waals surface area contributed by atoms with E-state index < -0.39 is 18.7 Å². The first-order valence-electron chi connectivity index (χ1n) is 10.5. The predicted octanol–water partition coefficient (Wildman–Crippen LogP) is 5.70. The fourth-order valence-corrected chi connectivity index (χ4v) is 3.12. The lowest BCUT2D eigenvalue weighted by Gasteiger charge is -2.13. The van der Waals surface area contributed by atoms with Gasteiger partial charge in [-0.25, -0.2) is 13.2 Å². The van der Waals surface area contributed by atoms with Gasteiger partial charge in [0.25, 0.3) is 0 Å². The first-order valence-corrected chi connectivity index (χ1v) is 10.5. The van der Waals surface area contributed by atoms with Gasteiger partial charge in [0.1, 0.15) is 18.6 Å². The van der Waals surface area contributed by atoms with Crippen LogP contribution in [0.3, 0.4) is 0 Å². The molecule has 31 heavy (non-hydrogen) atoms.